The summed E-state index contributed by atoms with van der Waals surface area (Å²) in [4.78, 5) is 25.1. The highest BCUT2D eigenvalue weighted by Crippen LogP contribution is 2.38. The molecule has 0 spiro atoms. The summed E-state index contributed by atoms with van der Waals surface area (Å²) >= 11 is 0. The summed E-state index contributed by atoms with van der Waals surface area (Å²) in [6, 6.07) is 9.16. The van der Waals surface area contributed by atoms with E-state index >= 15 is 0 Å². The molecule has 0 unspecified atom stereocenters. The molecule has 0 amide bonds. The van der Waals surface area contributed by atoms with E-state index < -0.39 is 0 Å². The number of rotatable bonds is 5. The van der Waals surface area contributed by atoms with Crippen LogP contribution in [0.15, 0.2) is 36.7 Å². The van der Waals surface area contributed by atoms with Gasteiger partial charge in [-0.25, -0.2) is 9.78 Å². The molecule has 140 valence electrons. The lowest BCUT2D eigenvalue weighted by molar-refractivity contribution is 0.0415. The zero-order chi connectivity index (χ0) is 18.8. The number of benzene rings is 1. The number of esters is 1. The van der Waals surface area contributed by atoms with Crippen LogP contribution in [0.1, 0.15) is 35.7 Å². The lowest BCUT2D eigenvalue weighted by Gasteiger charge is -2.21. The number of nitrogen functional groups attached to an aromatic ring is 1. The van der Waals surface area contributed by atoms with Crippen molar-refractivity contribution in [2.75, 3.05) is 19.5 Å². The van der Waals surface area contributed by atoms with E-state index in [9.17, 15) is 4.79 Å². The molecule has 0 aliphatic heterocycles. The molecule has 4 rings (SSSR count). The standard InChI is InChI=1S/C19H21N5O3/c1-26-17-15-16(22-19(20)23-17)24(11-21-15)14-9-5-8-13(14)10-27-18(25)12-6-3-2-4-7-12/h2-4,6-7,11,13-14H,5,8-10H2,1H3,(H2,20,22,23)/t13-,14-/m1/s1. The van der Waals surface area contributed by atoms with E-state index in [-0.39, 0.29) is 23.9 Å². The Kier molecular flexibility index (Phi) is 4.62. The first-order valence-corrected chi connectivity index (χ1v) is 8.93. The maximum Gasteiger partial charge on any atom is 0.338 e. The van der Waals surface area contributed by atoms with Crippen LogP contribution >= 0.6 is 0 Å². The molecule has 2 aromatic heterocycles. The Morgan fingerprint density at radius 1 is 1.26 bits per heavy atom. The normalized spacial score (nSPS) is 19.3. The van der Waals surface area contributed by atoms with Crippen molar-refractivity contribution in [1.82, 2.24) is 19.5 Å². The van der Waals surface area contributed by atoms with Gasteiger partial charge in [0.15, 0.2) is 11.2 Å². The van der Waals surface area contributed by atoms with Crippen molar-refractivity contribution in [3.63, 3.8) is 0 Å². The Morgan fingerprint density at radius 2 is 2.07 bits per heavy atom. The minimum absolute atomic E-state index is 0.137. The molecule has 1 fully saturated rings. The molecule has 8 nitrogen and oxygen atoms in total. The third kappa shape index (κ3) is 3.30. The van der Waals surface area contributed by atoms with Gasteiger partial charge in [-0.1, -0.05) is 24.6 Å². The predicted molar refractivity (Wildman–Crippen MR) is 99.4 cm³/mol. The lowest BCUT2D eigenvalue weighted by atomic mass is 10.0. The van der Waals surface area contributed by atoms with Gasteiger partial charge in [-0.3, -0.25) is 0 Å². The van der Waals surface area contributed by atoms with Gasteiger partial charge in [-0.05, 0) is 25.0 Å². The highest BCUT2D eigenvalue weighted by atomic mass is 16.5. The summed E-state index contributed by atoms with van der Waals surface area (Å²) in [6.07, 6.45) is 4.73. The fraction of sp³-hybridized carbons (Fsp3) is 0.368. The third-order valence-corrected chi connectivity index (χ3v) is 5.01. The van der Waals surface area contributed by atoms with Crippen LogP contribution in [0.3, 0.4) is 0 Å². The van der Waals surface area contributed by atoms with Crippen molar-refractivity contribution in [2.24, 2.45) is 5.92 Å². The number of fused-ring (bicyclic) bond motifs is 1. The maximum atomic E-state index is 12.2. The molecular formula is C19H21N5O3. The van der Waals surface area contributed by atoms with Gasteiger partial charge in [-0.15, -0.1) is 0 Å². The monoisotopic (exact) mass is 367 g/mol. The quantitative estimate of drug-likeness (QED) is 0.691. The van der Waals surface area contributed by atoms with E-state index in [0.29, 0.717) is 29.2 Å². The Balaban J connectivity index is 1.54. The number of carbonyl (C=O) groups excluding carboxylic acids is 1. The Morgan fingerprint density at radius 3 is 2.85 bits per heavy atom. The Hall–Kier alpha value is -3.16. The van der Waals surface area contributed by atoms with Crippen LogP contribution in [-0.2, 0) is 4.74 Å². The number of anilines is 1. The van der Waals surface area contributed by atoms with E-state index in [1.807, 2.05) is 22.8 Å². The number of aromatic nitrogens is 4. The van der Waals surface area contributed by atoms with Crippen LogP contribution in [0.5, 0.6) is 5.88 Å². The summed E-state index contributed by atoms with van der Waals surface area (Å²) in [5.41, 5.74) is 7.60. The topological polar surface area (TPSA) is 105 Å². The number of ether oxygens (including phenoxy) is 2. The van der Waals surface area contributed by atoms with Crippen LogP contribution in [-0.4, -0.2) is 39.2 Å². The van der Waals surface area contributed by atoms with Gasteiger partial charge in [0.2, 0.25) is 11.8 Å². The number of nitrogens with zero attached hydrogens (tertiary/aromatic N) is 4. The number of imidazole rings is 1. The number of hydrogen-bond acceptors (Lipinski definition) is 7. The van der Waals surface area contributed by atoms with E-state index in [1.165, 1.54) is 7.11 Å². The van der Waals surface area contributed by atoms with Crippen molar-refractivity contribution in [3.05, 3.63) is 42.2 Å². The molecule has 2 N–H and O–H groups in total. The van der Waals surface area contributed by atoms with E-state index in [0.717, 1.165) is 19.3 Å². The van der Waals surface area contributed by atoms with Crippen LogP contribution in [0.25, 0.3) is 11.2 Å². The van der Waals surface area contributed by atoms with Gasteiger partial charge < -0.3 is 19.8 Å². The van der Waals surface area contributed by atoms with Crippen molar-refractivity contribution < 1.29 is 14.3 Å². The SMILES string of the molecule is COc1nc(N)nc2c1ncn2[C@@H]1CCC[C@@H]1COC(=O)c1ccccc1. The van der Waals surface area contributed by atoms with E-state index in [2.05, 4.69) is 15.0 Å². The maximum absolute atomic E-state index is 12.2. The second-order valence-electron chi connectivity index (χ2n) is 6.64. The van der Waals surface area contributed by atoms with Crippen molar-refractivity contribution in [2.45, 2.75) is 25.3 Å². The average Bonchev–Trinajstić information content (AvgIpc) is 3.32. The van der Waals surface area contributed by atoms with Crippen LogP contribution < -0.4 is 10.5 Å². The molecule has 0 saturated heterocycles. The lowest BCUT2D eigenvalue weighted by Crippen LogP contribution is -2.21. The van der Waals surface area contributed by atoms with E-state index in [1.54, 1.807) is 18.5 Å². The number of methoxy groups -OCH3 is 1. The Labute approximate surface area is 156 Å². The van der Waals surface area contributed by atoms with Crippen LogP contribution in [0, 0.1) is 5.92 Å². The number of nitrogens with two attached hydrogens (primary N) is 1. The smallest absolute Gasteiger partial charge is 0.338 e. The van der Waals surface area contributed by atoms with Gasteiger partial charge >= 0.3 is 5.97 Å². The minimum Gasteiger partial charge on any atom is -0.479 e. The van der Waals surface area contributed by atoms with Gasteiger partial charge in [0, 0.05) is 12.0 Å². The molecule has 0 bridgehead atoms. The molecule has 1 aromatic carbocycles. The molecule has 1 saturated carbocycles. The summed E-state index contributed by atoms with van der Waals surface area (Å²) in [5.74, 6) is 0.398. The number of carbonyl (C=O) groups is 1. The highest BCUT2D eigenvalue weighted by Gasteiger charge is 2.32. The van der Waals surface area contributed by atoms with Gasteiger partial charge in [-0.2, -0.15) is 9.97 Å². The van der Waals surface area contributed by atoms with Gasteiger partial charge in [0.05, 0.1) is 25.6 Å². The summed E-state index contributed by atoms with van der Waals surface area (Å²) in [7, 11) is 1.53. The predicted octanol–water partition coefficient (Wildman–Crippen LogP) is 2.62. The average molecular weight is 367 g/mol. The first-order chi connectivity index (χ1) is 13.2. The van der Waals surface area contributed by atoms with E-state index in [4.69, 9.17) is 15.2 Å². The van der Waals surface area contributed by atoms with Crippen molar-refractivity contribution >= 4 is 23.1 Å². The van der Waals surface area contributed by atoms with Crippen LogP contribution in [0.4, 0.5) is 5.95 Å². The molecule has 0 radical (unpaired) electrons. The highest BCUT2D eigenvalue weighted by molar-refractivity contribution is 5.89. The first kappa shape index (κ1) is 17.3. The molecular weight excluding hydrogens is 346 g/mol. The zero-order valence-electron chi connectivity index (χ0n) is 15.0. The molecule has 8 heteroatoms. The minimum atomic E-state index is -0.301. The van der Waals surface area contributed by atoms with Gasteiger partial charge in [0.25, 0.3) is 0 Å². The fourth-order valence-corrected chi connectivity index (χ4v) is 3.71. The summed E-state index contributed by atoms with van der Waals surface area (Å²) in [6.45, 7) is 0.357. The zero-order valence-corrected chi connectivity index (χ0v) is 15.0. The van der Waals surface area contributed by atoms with Gasteiger partial charge in [0.1, 0.15) is 0 Å². The second-order valence-corrected chi connectivity index (χ2v) is 6.64. The molecule has 3 aromatic rings. The molecule has 2 atom stereocenters. The number of hydrogen-bond donors (Lipinski definition) is 1. The molecule has 2 heterocycles. The Bertz CT molecular complexity index is 957. The van der Waals surface area contributed by atoms with Crippen molar-refractivity contribution in [1.29, 1.82) is 0 Å². The van der Waals surface area contributed by atoms with Crippen LogP contribution in [0.2, 0.25) is 0 Å². The fourth-order valence-electron chi connectivity index (χ4n) is 3.71. The first-order valence-electron chi connectivity index (χ1n) is 8.93. The molecule has 1 aliphatic rings. The molecule has 27 heavy (non-hydrogen) atoms. The summed E-state index contributed by atoms with van der Waals surface area (Å²) in [5, 5.41) is 0. The third-order valence-electron chi connectivity index (χ3n) is 5.01. The van der Waals surface area contributed by atoms with Crippen molar-refractivity contribution in [3.8, 4) is 5.88 Å². The largest absolute Gasteiger partial charge is 0.479 e. The second kappa shape index (κ2) is 7.22. The molecule has 1 aliphatic carbocycles. The summed E-state index contributed by atoms with van der Waals surface area (Å²) < 4.78 is 12.8.